The third kappa shape index (κ3) is 7.00. The average Bonchev–Trinajstić information content (AvgIpc) is 3.60. The summed E-state index contributed by atoms with van der Waals surface area (Å²) < 4.78 is 6.50. The minimum atomic E-state index is -0.351. The summed E-state index contributed by atoms with van der Waals surface area (Å²) in [4.78, 5) is 48.0. The van der Waals surface area contributed by atoms with Gasteiger partial charge in [0.2, 0.25) is 0 Å². The molecule has 2 aromatic heterocycles. The van der Waals surface area contributed by atoms with Crippen LogP contribution in [0.1, 0.15) is 61.1 Å². The van der Waals surface area contributed by atoms with Gasteiger partial charge < -0.3 is 20.7 Å². The Bertz CT molecular complexity index is 1730. The maximum absolute atomic E-state index is 13.2. The molecular weight excluding hydrogens is 588 g/mol. The van der Waals surface area contributed by atoms with E-state index in [0.29, 0.717) is 62.1 Å². The Kier molecular flexibility index (Phi) is 8.75. The van der Waals surface area contributed by atoms with Crippen molar-refractivity contribution in [2.45, 2.75) is 65.1 Å². The van der Waals surface area contributed by atoms with E-state index >= 15 is 0 Å². The topological polar surface area (TPSA) is 132 Å². The lowest BCUT2D eigenvalue weighted by Gasteiger charge is -2.25. The number of nitrogens with one attached hydrogen (secondary N) is 1. The molecule has 0 saturated carbocycles. The second-order valence-corrected chi connectivity index (χ2v) is 13.3. The highest BCUT2D eigenvalue weighted by atomic mass is 35.5. The van der Waals surface area contributed by atoms with Gasteiger partial charge in [-0.1, -0.05) is 23.7 Å². The molecule has 2 aliphatic heterocycles. The molecule has 0 aliphatic carbocycles. The zero-order valence-electron chi connectivity index (χ0n) is 24.6. The second kappa shape index (κ2) is 12.3. The number of anilines is 1. The molecule has 226 valence electrons. The standard InChI is InChI=1S/C24H24ClN5O2S.C7H11NO2/c1-13-28-19-10-16(22-27-11-20(33-22)21(31)29-24(2,3)4)18(26)9-17(19)23(32)30(13)12-14-5-7-15(25)8-6-14;9-7-8-4-2-1-3-6(8)5-10-7/h5-11H,12,26H2,1-4H3,(H,29,31);6H,1-5H2. The molecule has 4 aromatic rings. The molecule has 0 radical (unpaired) electrons. The number of benzene rings is 2. The lowest BCUT2D eigenvalue weighted by Crippen LogP contribution is -2.40. The minimum absolute atomic E-state index is 0.107. The molecule has 2 aliphatic rings. The van der Waals surface area contributed by atoms with Crippen LogP contribution in [-0.2, 0) is 11.3 Å². The fourth-order valence-electron chi connectivity index (χ4n) is 5.11. The number of thiazole rings is 1. The molecule has 4 heterocycles. The summed E-state index contributed by atoms with van der Waals surface area (Å²) in [6.07, 6.45) is 4.95. The number of carbonyl (C=O) groups excluding carboxylic acids is 2. The SMILES string of the molecule is Cc1nc2cc(-c3ncc(C(=O)NC(C)(C)C)s3)c(N)cc2c(=O)n1Cc1ccc(Cl)cc1.O=C1OCC2CCCCN12. The molecule has 2 saturated heterocycles. The molecule has 1 atom stereocenters. The summed E-state index contributed by atoms with van der Waals surface area (Å²) >= 11 is 7.21. The number of halogens is 1. The number of hydrogen-bond donors (Lipinski definition) is 2. The maximum atomic E-state index is 13.2. The summed E-state index contributed by atoms with van der Waals surface area (Å²) in [7, 11) is 0. The third-order valence-electron chi connectivity index (χ3n) is 7.28. The van der Waals surface area contributed by atoms with Crippen molar-refractivity contribution in [3.05, 3.63) is 74.2 Å². The van der Waals surface area contributed by atoms with Gasteiger partial charge in [-0.25, -0.2) is 14.8 Å². The Morgan fingerprint density at radius 1 is 1.19 bits per heavy atom. The number of fused-ring (bicyclic) bond motifs is 2. The van der Waals surface area contributed by atoms with Crippen molar-refractivity contribution >= 4 is 51.5 Å². The van der Waals surface area contributed by atoms with Crippen molar-refractivity contribution in [1.29, 1.82) is 0 Å². The Labute approximate surface area is 258 Å². The molecule has 10 nitrogen and oxygen atoms in total. The molecule has 43 heavy (non-hydrogen) atoms. The van der Waals surface area contributed by atoms with E-state index in [1.807, 2.05) is 37.8 Å². The van der Waals surface area contributed by atoms with E-state index in [1.165, 1.54) is 24.0 Å². The minimum Gasteiger partial charge on any atom is -0.447 e. The molecule has 1 unspecified atom stereocenters. The molecular formula is C31H35ClN6O4S. The fraction of sp³-hybridized carbons (Fsp3) is 0.387. The van der Waals surface area contributed by atoms with Gasteiger partial charge >= 0.3 is 6.09 Å². The second-order valence-electron chi connectivity index (χ2n) is 11.8. The molecule has 2 fully saturated rings. The smallest absolute Gasteiger partial charge is 0.410 e. The monoisotopic (exact) mass is 622 g/mol. The number of cyclic esters (lactones) is 1. The number of amides is 2. The number of nitrogen functional groups attached to an aromatic ring is 1. The molecule has 0 spiro atoms. The zero-order chi connectivity index (χ0) is 30.9. The van der Waals surface area contributed by atoms with Crippen LogP contribution >= 0.6 is 22.9 Å². The van der Waals surface area contributed by atoms with Gasteiger partial charge in [0.05, 0.1) is 29.7 Å². The predicted octanol–water partition coefficient (Wildman–Crippen LogP) is 5.63. The van der Waals surface area contributed by atoms with Crippen LogP contribution in [-0.4, -0.2) is 56.2 Å². The van der Waals surface area contributed by atoms with Crippen molar-refractivity contribution in [3.8, 4) is 10.6 Å². The average molecular weight is 623 g/mol. The van der Waals surface area contributed by atoms with Crippen LogP contribution in [0.2, 0.25) is 5.02 Å². The number of carbonyl (C=O) groups is 2. The summed E-state index contributed by atoms with van der Waals surface area (Å²) in [5.41, 5.74) is 8.31. The van der Waals surface area contributed by atoms with Gasteiger partial charge in [-0.05, 0) is 76.8 Å². The molecule has 12 heteroatoms. The molecule has 3 N–H and O–H groups in total. The first kappa shape index (κ1) is 30.5. The largest absolute Gasteiger partial charge is 0.447 e. The fourth-order valence-corrected chi connectivity index (χ4v) is 6.09. The van der Waals surface area contributed by atoms with E-state index in [2.05, 4.69) is 15.3 Å². The number of rotatable bonds is 4. The van der Waals surface area contributed by atoms with Gasteiger partial charge in [0.1, 0.15) is 22.3 Å². The quantitative estimate of drug-likeness (QED) is 0.282. The molecule has 2 aromatic carbocycles. The summed E-state index contributed by atoms with van der Waals surface area (Å²) in [6.45, 7) is 9.46. The number of nitrogens with two attached hydrogens (primary N) is 1. The first-order chi connectivity index (χ1) is 20.4. The number of piperidine rings is 1. The van der Waals surface area contributed by atoms with Gasteiger partial charge in [-0.15, -0.1) is 11.3 Å². The number of aryl methyl sites for hydroxylation is 1. The van der Waals surface area contributed by atoms with Crippen LogP contribution in [0.15, 0.2) is 47.4 Å². The van der Waals surface area contributed by atoms with Crippen LogP contribution in [0.3, 0.4) is 0 Å². The number of hydrogen-bond acceptors (Lipinski definition) is 8. The molecule has 6 rings (SSSR count). The Morgan fingerprint density at radius 3 is 2.63 bits per heavy atom. The van der Waals surface area contributed by atoms with Crippen molar-refractivity contribution in [3.63, 3.8) is 0 Å². The normalized spacial score (nSPS) is 16.3. The highest BCUT2D eigenvalue weighted by Crippen LogP contribution is 2.32. The van der Waals surface area contributed by atoms with E-state index in [9.17, 15) is 14.4 Å². The van der Waals surface area contributed by atoms with Crippen LogP contribution < -0.4 is 16.6 Å². The van der Waals surface area contributed by atoms with E-state index in [-0.39, 0.29) is 23.1 Å². The van der Waals surface area contributed by atoms with Gasteiger partial charge in [-0.3, -0.25) is 14.2 Å². The molecule has 2 amide bonds. The van der Waals surface area contributed by atoms with E-state index in [4.69, 9.17) is 22.1 Å². The van der Waals surface area contributed by atoms with Crippen molar-refractivity contribution in [2.75, 3.05) is 18.9 Å². The van der Waals surface area contributed by atoms with Gasteiger partial charge in [-0.2, -0.15) is 0 Å². The Balaban J connectivity index is 0.000000308. The van der Waals surface area contributed by atoms with Crippen LogP contribution in [0.4, 0.5) is 10.5 Å². The maximum Gasteiger partial charge on any atom is 0.410 e. The number of nitrogens with zero attached hydrogens (tertiary/aromatic N) is 4. The van der Waals surface area contributed by atoms with Crippen molar-refractivity contribution in [1.82, 2.24) is 24.8 Å². The summed E-state index contributed by atoms with van der Waals surface area (Å²) in [5, 5.41) is 4.59. The highest BCUT2D eigenvalue weighted by Gasteiger charge is 2.34. The Morgan fingerprint density at radius 2 is 1.93 bits per heavy atom. The zero-order valence-corrected chi connectivity index (χ0v) is 26.2. The third-order valence-corrected chi connectivity index (χ3v) is 8.56. The lowest BCUT2D eigenvalue weighted by atomic mass is 10.0. The predicted molar refractivity (Wildman–Crippen MR) is 170 cm³/mol. The van der Waals surface area contributed by atoms with Gasteiger partial charge in [0.15, 0.2) is 0 Å². The highest BCUT2D eigenvalue weighted by molar-refractivity contribution is 7.17. The van der Waals surface area contributed by atoms with Crippen molar-refractivity contribution < 1.29 is 14.3 Å². The lowest BCUT2D eigenvalue weighted by molar-refractivity contribution is 0.0923. The van der Waals surface area contributed by atoms with Crippen LogP contribution in [0.5, 0.6) is 0 Å². The first-order valence-corrected chi connectivity index (χ1v) is 15.4. The van der Waals surface area contributed by atoms with Crippen LogP contribution in [0.25, 0.3) is 21.5 Å². The summed E-state index contributed by atoms with van der Waals surface area (Å²) in [6, 6.07) is 11.1. The van der Waals surface area contributed by atoms with Crippen LogP contribution in [0, 0.1) is 6.92 Å². The molecule has 0 bridgehead atoms. The van der Waals surface area contributed by atoms with E-state index in [0.717, 1.165) is 24.9 Å². The number of ether oxygens (including phenoxy) is 1. The Hall–Kier alpha value is -3.96. The van der Waals surface area contributed by atoms with E-state index in [1.54, 1.807) is 35.8 Å². The van der Waals surface area contributed by atoms with E-state index < -0.39 is 0 Å². The van der Waals surface area contributed by atoms with Gasteiger partial charge in [0, 0.05) is 28.4 Å². The van der Waals surface area contributed by atoms with Gasteiger partial charge in [0.25, 0.3) is 11.5 Å². The number of aromatic nitrogens is 3. The summed E-state index contributed by atoms with van der Waals surface area (Å²) in [5.74, 6) is 0.396. The van der Waals surface area contributed by atoms with Crippen molar-refractivity contribution in [2.24, 2.45) is 0 Å². The first-order valence-electron chi connectivity index (χ1n) is 14.2.